The monoisotopic (exact) mass is 276 g/mol. The predicted molar refractivity (Wildman–Crippen MR) is 79.5 cm³/mol. The summed E-state index contributed by atoms with van der Waals surface area (Å²) in [7, 11) is 1.57. The van der Waals surface area contributed by atoms with E-state index in [0.29, 0.717) is 0 Å². The average Bonchev–Trinajstić information content (AvgIpc) is 2.89. The number of likely N-dealkylation sites (tertiary alicyclic amines) is 1. The van der Waals surface area contributed by atoms with Gasteiger partial charge in [-0.05, 0) is 31.7 Å². The predicted octanol–water partition coefficient (Wildman–Crippen LogP) is 1.50. The highest BCUT2D eigenvalue weighted by molar-refractivity contribution is 5.82. The first-order chi connectivity index (χ1) is 9.61. The SMILES string of the molecule is COCC(N)C(=O)N1CCCC1Cc1ccc(C)cc1. The van der Waals surface area contributed by atoms with Gasteiger partial charge < -0.3 is 15.4 Å². The summed E-state index contributed by atoms with van der Waals surface area (Å²) in [4.78, 5) is 14.2. The van der Waals surface area contributed by atoms with Crippen LogP contribution in [0.5, 0.6) is 0 Å². The van der Waals surface area contributed by atoms with E-state index in [1.165, 1.54) is 11.1 Å². The van der Waals surface area contributed by atoms with E-state index in [9.17, 15) is 4.79 Å². The van der Waals surface area contributed by atoms with Gasteiger partial charge in [-0.2, -0.15) is 0 Å². The minimum absolute atomic E-state index is 0.0152. The summed E-state index contributed by atoms with van der Waals surface area (Å²) in [6.45, 7) is 3.18. The molecule has 2 rings (SSSR count). The number of rotatable bonds is 5. The lowest BCUT2D eigenvalue weighted by molar-refractivity contribution is -0.134. The van der Waals surface area contributed by atoms with Crippen LogP contribution in [0.3, 0.4) is 0 Å². The average molecular weight is 276 g/mol. The number of benzene rings is 1. The van der Waals surface area contributed by atoms with Gasteiger partial charge in [0.25, 0.3) is 0 Å². The number of hydrogen-bond acceptors (Lipinski definition) is 3. The van der Waals surface area contributed by atoms with Gasteiger partial charge in [0.1, 0.15) is 6.04 Å². The zero-order chi connectivity index (χ0) is 14.5. The molecule has 1 amide bonds. The maximum atomic E-state index is 12.3. The topological polar surface area (TPSA) is 55.6 Å². The molecule has 1 aromatic carbocycles. The van der Waals surface area contributed by atoms with Crippen molar-refractivity contribution in [2.24, 2.45) is 5.73 Å². The summed E-state index contributed by atoms with van der Waals surface area (Å²) in [5, 5.41) is 0. The third-order valence-electron chi connectivity index (χ3n) is 3.92. The lowest BCUT2D eigenvalue weighted by atomic mass is 10.0. The van der Waals surface area contributed by atoms with Crippen molar-refractivity contribution in [1.29, 1.82) is 0 Å². The van der Waals surface area contributed by atoms with Gasteiger partial charge >= 0.3 is 0 Å². The molecule has 1 heterocycles. The molecule has 0 aliphatic carbocycles. The van der Waals surface area contributed by atoms with Gasteiger partial charge in [0.15, 0.2) is 0 Å². The number of carbonyl (C=O) groups excluding carboxylic acids is 1. The molecular formula is C16H24N2O2. The van der Waals surface area contributed by atoms with E-state index in [1.807, 2.05) is 4.90 Å². The van der Waals surface area contributed by atoms with Crippen LogP contribution in [0.15, 0.2) is 24.3 Å². The zero-order valence-electron chi connectivity index (χ0n) is 12.3. The quantitative estimate of drug-likeness (QED) is 0.886. The van der Waals surface area contributed by atoms with Gasteiger partial charge in [-0.3, -0.25) is 4.79 Å². The van der Waals surface area contributed by atoms with Gasteiger partial charge in [-0.25, -0.2) is 0 Å². The summed E-state index contributed by atoms with van der Waals surface area (Å²) in [6.07, 6.45) is 3.02. The van der Waals surface area contributed by atoms with Crippen molar-refractivity contribution < 1.29 is 9.53 Å². The lowest BCUT2D eigenvalue weighted by Crippen LogP contribution is -2.48. The van der Waals surface area contributed by atoms with Crippen molar-refractivity contribution in [3.05, 3.63) is 35.4 Å². The number of ether oxygens (including phenoxy) is 1. The molecule has 4 nitrogen and oxygen atoms in total. The minimum Gasteiger partial charge on any atom is -0.383 e. The van der Waals surface area contributed by atoms with Crippen LogP contribution in [0.4, 0.5) is 0 Å². The number of amides is 1. The summed E-state index contributed by atoms with van der Waals surface area (Å²) >= 11 is 0. The van der Waals surface area contributed by atoms with Gasteiger partial charge in [0, 0.05) is 19.7 Å². The molecule has 1 aromatic rings. The zero-order valence-corrected chi connectivity index (χ0v) is 12.3. The molecule has 0 spiro atoms. The molecule has 2 unspecified atom stereocenters. The summed E-state index contributed by atoms with van der Waals surface area (Å²) in [5.41, 5.74) is 8.40. The first-order valence-corrected chi connectivity index (χ1v) is 7.22. The third kappa shape index (κ3) is 3.58. The fourth-order valence-electron chi connectivity index (χ4n) is 2.80. The third-order valence-corrected chi connectivity index (χ3v) is 3.92. The maximum Gasteiger partial charge on any atom is 0.242 e. The number of aryl methyl sites for hydroxylation is 1. The molecule has 20 heavy (non-hydrogen) atoms. The Hall–Kier alpha value is -1.39. The smallest absolute Gasteiger partial charge is 0.242 e. The molecule has 0 radical (unpaired) electrons. The number of nitrogens with zero attached hydrogens (tertiary/aromatic N) is 1. The largest absolute Gasteiger partial charge is 0.383 e. The summed E-state index contributed by atoms with van der Waals surface area (Å²) in [5.74, 6) is 0.0152. The first-order valence-electron chi connectivity index (χ1n) is 7.22. The molecule has 2 atom stereocenters. The molecular weight excluding hydrogens is 252 g/mol. The van der Waals surface area contributed by atoms with Crippen LogP contribution < -0.4 is 5.73 Å². The summed E-state index contributed by atoms with van der Waals surface area (Å²) < 4.78 is 4.98. The molecule has 1 aliphatic rings. The second-order valence-electron chi connectivity index (χ2n) is 5.58. The standard InChI is InChI=1S/C16H24N2O2/c1-12-5-7-13(8-6-12)10-14-4-3-9-18(14)16(19)15(17)11-20-2/h5-8,14-15H,3-4,9-11,17H2,1-2H3. The van der Waals surface area contributed by atoms with Crippen LogP contribution in [0, 0.1) is 6.92 Å². The Bertz CT molecular complexity index is 444. The van der Waals surface area contributed by atoms with E-state index in [0.717, 1.165) is 25.8 Å². The molecule has 4 heteroatoms. The Kier molecular flexibility index (Phi) is 5.15. The van der Waals surface area contributed by atoms with Crippen molar-refractivity contribution in [3.8, 4) is 0 Å². The van der Waals surface area contributed by atoms with Crippen LogP contribution in [-0.4, -0.2) is 43.2 Å². The molecule has 1 fully saturated rings. The highest BCUT2D eigenvalue weighted by atomic mass is 16.5. The Morgan fingerprint density at radius 1 is 1.45 bits per heavy atom. The van der Waals surface area contributed by atoms with Gasteiger partial charge in [-0.15, -0.1) is 0 Å². The molecule has 2 N–H and O–H groups in total. The van der Waals surface area contributed by atoms with E-state index >= 15 is 0 Å². The van der Waals surface area contributed by atoms with E-state index in [-0.39, 0.29) is 18.6 Å². The lowest BCUT2D eigenvalue weighted by Gasteiger charge is -2.27. The molecule has 110 valence electrons. The molecule has 0 saturated carbocycles. The number of hydrogen-bond donors (Lipinski definition) is 1. The second-order valence-corrected chi connectivity index (χ2v) is 5.58. The molecule has 1 saturated heterocycles. The van der Waals surface area contributed by atoms with Crippen LogP contribution in [0.25, 0.3) is 0 Å². The molecule has 0 aromatic heterocycles. The van der Waals surface area contributed by atoms with Gasteiger partial charge in [0.05, 0.1) is 6.61 Å². The fraction of sp³-hybridized carbons (Fsp3) is 0.562. The van der Waals surface area contributed by atoms with Crippen molar-refractivity contribution in [2.75, 3.05) is 20.3 Å². The fourth-order valence-corrected chi connectivity index (χ4v) is 2.80. The van der Waals surface area contributed by atoms with E-state index < -0.39 is 6.04 Å². The molecule has 1 aliphatic heterocycles. The Morgan fingerprint density at radius 2 is 2.15 bits per heavy atom. The van der Waals surface area contributed by atoms with E-state index in [1.54, 1.807) is 7.11 Å². The van der Waals surface area contributed by atoms with Crippen LogP contribution in [0.2, 0.25) is 0 Å². The Balaban J connectivity index is 2.00. The minimum atomic E-state index is -0.543. The van der Waals surface area contributed by atoms with Crippen LogP contribution in [0.1, 0.15) is 24.0 Å². The van der Waals surface area contributed by atoms with E-state index in [2.05, 4.69) is 31.2 Å². The first kappa shape index (κ1) is 15.0. The Morgan fingerprint density at radius 3 is 2.80 bits per heavy atom. The normalized spacial score (nSPS) is 20.1. The van der Waals surface area contributed by atoms with Crippen LogP contribution in [-0.2, 0) is 16.0 Å². The number of carbonyl (C=O) groups is 1. The van der Waals surface area contributed by atoms with E-state index in [4.69, 9.17) is 10.5 Å². The second kappa shape index (κ2) is 6.86. The maximum absolute atomic E-state index is 12.3. The van der Waals surface area contributed by atoms with Crippen LogP contribution >= 0.6 is 0 Å². The van der Waals surface area contributed by atoms with Crippen molar-refractivity contribution in [2.45, 2.75) is 38.3 Å². The number of nitrogens with two attached hydrogens (primary N) is 1. The van der Waals surface area contributed by atoms with Gasteiger partial charge in [-0.1, -0.05) is 29.8 Å². The van der Waals surface area contributed by atoms with Gasteiger partial charge in [0.2, 0.25) is 5.91 Å². The Labute approximate surface area is 120 Å². The molecule has 0 bridgehead atoms. The number of methoxy groups -OCH3 is 1. The summed E-state index contributed by atoms with van der Waals surface area (Å²) in [6, 6.07) is 8.25. The van der Waals surface area contributed by atoms with Crippen molar-refractivity contribution in [1.82, 2.24) is 4.90 Å². The van der Waals surface area contributed by atoms with Crippen molar-refractivity contribution in [3.63, 3.8) is 0 Å². The highest BCUT2D eigenvalue weighted by Gasteiger charge is 2.31. The highest BCUT2D eigenvalue weighted by Crippen LogP contribution is 2.22. The van der Waals surface area contributed by atoms with Crippen molar-refractivity contribution >= 4 is 5.91 Å².